The van der Waals surface area contributed by atoms with Gasteiger partial charge >= 0.3 is 23.9 Å². The fraction of sp³-hybridized carbons (Fsp3) is 0.714. The van der Waals surface area contributed by atoms with Crippen LogP contribution in [0.2, 0.25) is 0 Å². The highest BCUT2D eigenvalue weighted by Crippen LogP contribution is 2.58. The minimum absolute atomic E-state index is 0.192. The van der Waals surface area contributed by atoms with Gasteiger partial charge in [0.25, 0.3) is 0 Å². The summed E-state index contributed by atoms with van der Waals surface area (Å²) in [4.78, 5) is 48.0. The molecule has 3 fully saturated rings. The fourth-order valence-electron chi connectivity index (χ4n) is 4.81. The fourth-order valence-corrected chi connectivity index (χ4v) is 4.81. The molecule has 29 heavy (non-hydrogen) atoms. The summed E-state index contributed by atoms with van der Waals surface area (Å²) in [6.45, 7) is 10.4. The maximum Gasteiger partial charge on any atom is 0.333 e. The van der Waals surface area contributed by atoms with E-state index in [2.05, 4.69) is 6.58 Å². The molecule has 3 aliphatic rings. The Bertz CT molecular complexity index is 754. The van der Waals surface area contributed by atoms with E-state index in [4.69, 9.17) is 14.2 Å². The van der Waals surface area contributed by atoms with Crippen molar-refractivity contribution < 1.29 is 38.5 Å². The molecule has 3 rings (SSSR count). The summed E-state index contributed by atoms with van der Waals surface area (Å²) in [5, 5.41) is 9.52. The number of ether oxygens (including phenoxy) is 3. The molecule has 7 atom stereocenters. The Morgan fingerprint density at radius 1 is 1.31 bits per heavy atom. The van der Waals surface area contributed by atoms with E-state index in [1.165, 1.54) is 0 Å². The molecule has 0 aromatic rings. The summed E-state index contributed by atoms with van der Waals surface area (Å²) < 4.78 is 16.4. The van der Waals surface area contributed by atoms with Crippen molar-refractivity contribution in [2.75, 3.05) is 0 Å². The van der Waals surface area contributed by atoms with Crippen molar-refractivity contribution in [3.8, 4) is 0 Å². The van der Waals surface area contributed by atoms with Crippen LogP contribution in [0.5, 0.6) is 0 Å². The summed E-state index contributed by atoms with van der Waals surface area (Å²) in [7, 11) is 0. The van der Waals surface area contributed by atoms with Crippen LogP contribution in [0.3, 0.4) is 0 Å². The van der Waals surface area contributed by atoms with Crippen molar-refractivity contribution in [2.45, 2.75) is 64.8 Å². The van der Waals surface area contributed by atoms with Crippen LogP contribution >= 0.6 is 0 Å². The second-order valence-corrected chi connectivity index (χ2v) is 9.13. The van der Waals surface area contributed by atoms with Gasteiger partial charge in [-0.05, 0) is 40.0 Å². The SMILES string of the molecule is C=C(C)C(=O)OC(C)(C)CCC(C)C(=O)OC1C2CC3C1OC(=O)C3C2C(=O)O. The van der Waals surface area contributed by atoms with Crippen LogP contribution in [-0.4, -0.2) is 46.8 Å². The zero-order valence-corrected chi connectivity index (χ0v) is 17.2. The van der Waals surface area contributed by atoms with E-state index in [0.717, 1.165) is 0 Å². The number of carbonyl (C=O) groups is 4. The number of rotatable bonds is 8. The summed E-state index contributed by atoms with van der Waals surface area (Å²) in [5.41, 5.74) is -0.459. The van der Waals surface area contributed by atoms with E-state index in [-0.39, 0.29) is 5.92 Å². The first-order chi connectivity index (χ1) is 13.4. The summed E-state index contributed by atoms with van der Waals surface area (Å²) in [6, 6.07) is 0. The Balaban J connectivity index is 1.58. The summed E-state index contributed by atoms with van der Waals surface area (Å²) >= 11 is 0. The Labute approximate surface area is 169 Å². The van der Waals surface area contributed by atoms with E-state index in [1.54, 1.807) is 27.7 Å². The number of fused-ring (bicyclic) bond motifs is 1. The molecule has 2 saturated carbocycles. The predicted molar refractivity (Wildman–Crippen MR) is 99.4 cm³/mol. The minimum Gasteiger partial charge on any atom is -0.481 e. The minimum atomic E-state index is -1.05. The molecule has 1 saturated heterocycles. The van der Waals surface area contributed by atoms with E-state index in [0.29, 0.717) is 24.8 Å². The summed E-state index contributed by atoms with van der Waals surface area (Å²) in [5.74, 6) is -5.05. The average molecular weight is 408 g/mol. The topological polar surface area (TPSA) is 116 Å². The van der Waals surface area contributed by atoms with Gasteiger partial charge in [0, 0.05) is 17.4 Å². The highest BCUT2D eigenvalue weighted by Gasteiger charge is 2.70. The van der Waals surface area contributed by atoms with Crippen molar-refractivity contribution in [3.05, 3.63) is 12.2 Å². The number of esters is 3. The van der Waals surface area contributed by atoms with E-state index in [1.807, 2.05) is 0 Å². The number of aliphatic carboxylic acids is 1. The second kappa shape index (κ2) is 7.46. The molecule has 0 spiro atoms. The highest BCUT2D eigenvalue weighted by atomic mass is 16.6. The summed E-state index contributed by atoms with van der Waals surface area (Å²) in [6.07, 6.45) is 0.127. The van der Waals surface area contributed by atoms with Gasteiger partial charge in [-0.15, -0.1) is 0 Å². The molecule has 1 heterocycles. The van der Waals surface area contributed by atoms with Gasteiger partial charge < -0.3 is 19.3 Å². The molecule has 7 unspecified atom stereocenters. The zero-order chi connectivity index (χ0) is 21.7. The van der Waals surface area contributed by atoms with E-state index >= 15 is 0 Å². The second-order valence-electron chi connectivity index (χ2n) is 9.13. The van der Waals surface area contributed by atoms with E-state index in [9.17, 15) is 24.3 Å². The monoisotopic (exact) mass is 408 g/mol. The first kappa shape index (κ1) is 21.3. The standard InChI is InChI=1S/C21H28O8/c1-9(2)18(24)29-21(4,5)7-6-10(3)19(25)27-15-11-8-12-14(13(11)17(22)23)20(26)28-16(12)15/h10-16H,1,6-8H2,2-5H3,(H,22,23). The van der Waals surface area contributed by atoms with Crippen molar-refractivity contribution in [1.82, 2.24) is 0 Å². The molecule has 1 aliphatic heterocycles. The zero-order valence-electron chi connectivity index (χ0n) is 17.2. The van der Waals surface area contributed by atoms with Crippen LogP contribution in [-0.2, 0) is 33.4 Å². The van der Waals surface area contributed by atoms with Gasteiger partial charge in [-0.2, -0.15) is 0 Å². The lowest BCUT2D eigenvalue weighted by atomic mass is 9.78. The molecule has 0 aromatic carbocycles. The molecule has 2 bridgehead atoms. The van der Waals surface area contributed by atoms with Gasteiger partial charge in [-0.1, -0.05) is 13.5 Å². The highest BCUT2D eigenvalue weighted by molar-refractivity contribution is 5.87. The Kier molecular flexibility index (Phi) is 5.49. The maximum absolute atomic E-state index is 12.6. The molecule has 0 amide bonds. The molecule has 2 aliphatic carbocycles. The van der Waals surface area contributed by atoms with Gasteiger partial charge in [0.1, 0.15) is 17.8 Å². The molecule has 0 radical (unpaired) electrons. The maximum atomic E-state index is 12.6. The van der Waals surface area contributed by atoms with Crippen LogP contribution in [0.1, 0.15) is 47.0 Å². The Morgan fingerprint density at radius 2 is 1.97 bits per heavy atom. The lowest BCUT2D eigenvalue weighted by Crippen LogP contribution is -2.43. The molecule has 8 heteroatoms. The number of carboxylic acids is 1. The van der Waals surface area contributed by atoms with Crippen molar-refractivity contribution in [1.29, 1.82) is 0 Å². The molecule has 0 aromatic heterocycles. The van der Waals surface area contributed by atoms with Crippen LogP contribution in [0.25, 0.3) is 0 Å². The van der Waals surface area contributed by atoms with E-state index < -0.39 is 65.4 Å². The first-order valence-corrected chi connectivity index (χ1v) is 9.95. The lowest BCUT2D eigenvalue weighted by Gasteiger charge is -2.30. The van der Waals surface area contributed by atoms with Gasteiger partial charge in [0.05, 0.1) is 17.8 Å². The van der Waals surface area contributed by atoms with Crippen molar-refractivity contribution in [2.24, 2.45) is 29.6 Å². The van der Waals surface area contributed by atoms with Crippen molar-refractivity contribution >= 4 is 23.9 Å². The third-order valence-corrected chi connectivity index (χ3v) is 6.38. The van der Waals surface area contributed by atoms with Crippen LogP contribution in [0.15, 0.2) is 12.2 Å². The number of carboxylic acid groups (broad SMARTS) is 1. The number of carbonyl (C=O) groups excluding carboxylic acids is 3. The molecule has 160 valence electrons. The van der Waals surface area contributed by atoms with Gasteiger partial charge in [-0.25, -0.2) is 4.79 Å². The largest absolute Gasteiger partial charge is 0.481 e. The third-order valence-electron chi connectivity index (χ3n) is 6.38. The molecular formula is C21H28O8. The smallest absolute Gasteiger partial charge is 0.333 e. The molecule has 8 nitrogen and oxygen atoms in total. The Hall–Kier alpha value is -2.38. The van der Waals surface area contributed by atoms with Crippen molar-refractivity contribution in [3.63, 3.8) is 0 Å². The van der Waals surface area contributed by atoms with Crippen LogP contribution in [0.4, 0.5) is 0 Å². The lowest BCUT2D eigenvalue weighted by molar-refractivity contribution is -0.168. The number of hydrogen-bond donors (Lipinski definition) is 1. The van der Waals surface area contributed by atoms with Gasteiger partial charge in [0.15, 0.2) is 0 Å². The van der Waals surface area contributed by atoms with Crippen LogP contribution < -0.4 is 0 Å². The Morgan fingerprint density at radius 3 is 2.55 bits per heavy atom. The van der Waals surface area contributed by atoms with Gasteiger partial charge in [-0.3, -0.25) is 14.4 Å². The average Bonchev–Trinajstić information content (AvgIpc) is 3.22. The number of hydrogen-bond acceptors (Lipinski definition) is 7. The normalized spacial score (nSPS) is 33.2. The molecular weight excluding hydrogens is 380 g/mol. The van der Waals surface area contributed by atoms with Crippen LogP contribution in [0, 0.1) is 29.6 Å². The third kappa shape index (κ3) is 3.89. The van der Waals surface area contributed by atoms with Gasteiger partial charge in [0.2, 0.25) is 0 Å². The quantitative estimate of drug-likeness (QED) is 0.369. The predicted octanol–water partition coefficient (Wildman–Crippen LogP) is 2.10. The first-order valence-electron chi connectivity index (χ1n) is 9.95. The molecule has 1 N–H and O–H groups in total.